The lowest BCUT2D eigenvalue weighted by atomic mass is 10.0. The first-order valence-electron chi connectivity index (χ1n) is 13.4. The van der Waals surface area contributed by atoms with Crippen LogP contribution in [0.15, 0.2) is 101 Å². The maximum absolute atomic E-state index is 13.1. The Balaban J connectivity index is 1.16. The molecule has 216 valence electrons. The first kappa shape index (κ1) is 28.5. The van der Waals surface area contributed by atoms with Crippen LogP contribution in [-0.4, -0.2) is 45.5 Å². The largest absolute Gasteiger partial charge is 0.392 e. The number of rotatable bonds is 10. The number of aliphatic hydroxyl groups excluding tert-OH is 1. The Kier molecular flexibility index (Phi) is 8.60. The molecule has 3 heterocycles. The SMILES string of the molecule is O=S(=O)(NCc1ccc(C2OC(CSc3ncn[nH]3)CC(c3ccc(CO)cc3)O2)cc1)c1cccc2cccnc12. The van der Waals surface area contributed by atoms with Gasteiger partial charge in [-0.1, -0.05) is 78.5 Å². The molecule has 0 bridgehead atoms. The number of aromatic nitrogens is 4. The first-order chi connectivity index (χ1) is 20.5. The Morgan fingerprint density at radius 2 is 1.69 bits per heavy atom. The molecule has 1 aliphatic heterocycles. The molecule has 2 aromatic heterocycles. The van der Waals surface area contributed by atoms with Crippen molar-refractivity contribution in [2.24, 2.45) is 0 Å². The summed E-state index contributed by atoms with van der Waals surface area (Å²) < 4.78 is 41.7. The average molecular weight is 604 g/mol. The molecule has 0 radical (unpaired) electrons. The van der Waals surface area contributed by atoms with Crippen molar-refractivity contribution in [2.75, 3.05) is 5.75 Å². The van der Waals surface area contributed by atoms with Gasteiger partial charge in [0.25, 0.3) is 0 Å². The van der Waals surface area contributed by atoms with Crippen LogP contribution in [0, 0.1) is 0 Å². The quantitative estimate of drug-likeness (QED) is 0.195. The van der Waals surface area contributed by atoms with Crippen molar-refractivity contribution in [3.8, 4) is 0 Å². The summed E-state index contributed by atoms with van der Waals surface area (Å²) in [5.74, 6) is 0.656. The molecule has 6 rings (SSSR count). The Labute approximate surface area is 247 Å². The van der Waals surface area contributed by atoms with Gasteiger partial charge in [-0.2, -0.15) is 5.10 Å². The predicted molar refractivity (Wildman–Crippen MR) is 158 cm³/mol. The van der Waals surface area contributed by atoms with Gasteiger partial charge in [0.15, 0.2) is 11.4 Å². The number of nitrogens with one attached hydrogen (secondary N) is 2. The summed E-state index contributed by atoms with van der Waals surface area (Å²) in [6, 6.07) is 24.0. The van der Waals surface area contributed by atoms with Gasteiger partial charge in [0, 0.05) is 35.9 Å². The molecular weight excluding hydrogens is 574 g/mol. The van der Waals surface area contributed by atoms with Crippen LogP contribution in [0.3, 0.4) is 0 Å². The summed E-state index contributed by atoms with van der Waals surface area (Å²) in [6.07, 6.45) is 2.76. The van der Waals surface area contributed by atoms with Crippen LogP contribution in [0.5, 0.6) is 0 Å². The lowest BCUT2D eigenvalue weighted by molar-refractivity contribution is -0.245. The second-order valence-electron chi connectivity index (χ2n) is 9.85. The Morgan fingerprint density at radius 1 is 0.929 bits per heavy atom. The first-order valence-corrected chi connectivity index (χ1v) is 15.9. The van der Waals surface area contributed by atoms with Gasteiger partial charge in [-0.15, -0.1) is 0 Å². The minimum absolute atomic E-state index is 0.0185. The summed E-state index contributed by atoms with van der Waals surface area (Å²) in [5.41, 5.74) is 3.89. The number of ether oxygens (including phenoxy) is 2. The molecule has 3 N–H and O–H groups in total. The van der Waals surface area contributed by atoms with E-state index in [0.29, 0.717) is 17.7 Å². The fourth-order valence-corrected chi connectivity index (χ4v) is 6.79. The molecule has 3 aromatic carbocycles. The number of hydrogen-bond donors (Lipinski definition) is 3. The number of H-pyrrole nitrogens is 1. The van der Waals surface area contributed by atoms with Crippen LogP contribution in [-0.2, 0) is 32.6 Å². The van der Waals surface area contributed by atoms with Crippen molar-refractivity contribution in [3.05, 3.63) is 114 Å². The van der Waals surface area contributed by atoms with Crippen molar-refractivity contribution < 1.29 is 23.0 Å². The van der Waals surface area contributed by atoms with Crippen LogP contribution in [0.4, 0.5) is 0 Å². The summed E-state index contributed by atoms with van der Waals surface area (Å²) in [5, 5.41) is 17.7. The zero-order chi connectivity index (χ0) is 28.9. The molecule has 42 heavy (non-hydrogen) atoms. The molecule has 0 amide bonds. The zero-order valence-electron chi connectivity index (χ0n) is 22.5. The number of fused-ring (bicyclic) bond motifs is 1. The van der Waals surface area contributed by atoms with Crippen LogP contribution >= 0.6 is 11.8 Å². The van der Waals surface area contributed by atoms with Crippen LogP contribution in [0.1, 0.15) is 41.1 Å². The van der Waals surface area contributed by atoms with Crippen LogP contribution in [0.25, 0.3) is 10.9 Å². The third kappa shape index (κ3) is 6.54. The van der Waals surface area contributed by atoms with E-state index in [1.165, 1.54) is 18.1 Å². The Morgan fingerprint density at radius 3 is 2.45 bits per heavy atom. The van der Waals surface area contributed by atoms with E-state index < -0.39 is 16.3 Å². The smallest absolute Gasteiger partial charge is 0.243 e. The van der Waals surface area contributed by atoms with E-state index in [9.17, 15) is 13.5 Å². The van der Waals surface area contributed by atoms with E-state index in [1.807, 2.05) is 60.7 Å². The fraction of sp³-hybridized carbons (Fsp3) is 0.233. The van der Waals surface area contributed by atoms with E-state index in [-0.39, 0.29) is 30.3 Å². The van der Waals surface area contributed by atoms with Crippen LogP contribution in [0.2, 0.25) is 0 Å². The van der Waals surface area contributed by atoms with E-state index in [4.69, 9.17) is 9.47 Å². The minimum atomic E-state index is -3.78. The fourth-order valence-electron chi connectivity index (χ4n) is 4.80. The standard InChI is InChI=1S/C30H29N5O5S2/c36-17-21-8-10-22(11-9-21)26-15-25(18-41-30-32-19-33-35-30)39-29(40-26)24-12-6-20(7-13-24)16-34-42(37,38)27-5-1-3-23-4-2-14-31-28(23)27/h1-14,19,25-26,29,34,36H,15-18H2,(H,32,33,35). The van der Waals surface area contributed by atoms with Crippen molar-refractivity contribution in [1.29, 1.82) is 0 Å². The number of pyridine rings is 1. The maximum atomic E-state index is 13.1. The summed E-state index contributed by atoms with van der Waals surface area (Å²) in [7, 11) is -3.78. The highest BCUT2D eigenvalue weighted by Crippen LogP contribution is 2.39. The molecule has 5 aromatic rings. The second-order valence-corrected chi connectivity index (χ2v) is 12.6. The Bertz CT molecular complexity index is 1730. The zero-order valence-corrected chi connectivity index (χ0v) is 24.1. The number of thioether (sulfide) groups is 1. The third-order valence-electron chi connectivity index (χ3n) is 7.02. The van der Waals surface area contributed by atoms with E-state index in [0.717, 1.165) is 32.8 Å². The van der Waals surface area contributed by atoms with E-state index >= 15 is 0 Å². The van der Waals surface area contributed by atoms with Crippen LogP contribution < -0.4 is 4.72 Å². The minimum Gasteiger partial charge on any atom is -0.392 e. The van der Waals surface area contributed by atoms with Crippen molar-refractivity contribution in [3.63, 3.8) is 0 Å². The molecule has 12 heteroatoms. The normalized spacial score (nSPS) is 19.2. The van der Waals surface area contributed by atoms with E-state index in [2.05, 4.69) is 24.9 Å². The number of para-hydroxylation sites is 1. The van der Waals surface area contributed by atoms with Gasteiger partial charge in [0.2, 0.25) is 10.0 Å². The van der Waals surface area contributed by atoms with Gasteiger partial charge in [0.1, 0.15) is 11.2 Å². The topological polar surface area (TPSA) is 139 Å². The number of benzene rings is 3. The van der Waals surface area contributed by atoms with Crippen molar-refractivity contribution in [1.82, 2.24) is 24.9 Å². The van der Waals surface area contributed by atoms with E-state index in [1.54, 1.807) is 24.4 Å². The highest BCUT2D eigenvalue weighted by atomic mass is 32.2. The molecule has 10 nitrogen and oxygen atoms in total. The van der Waals surface area contributed by atoms with Gasteiger partial charge >= 0.3 is 0 Å². The summed E-state index contributed by atoms with van der Waals surface area (Å²) >= 11 is 1.53. The number of aliphatic hydroxyl groups is 1. The monoisotopic (exact) mass is 603 g/mol. The Hall–Kier alpha value is -3.65. The molecule has 0 saturated carbocycles. The molecule has 1 fully saturated rings. The van der Waals surface area contributed by atoms with Gasteiger partial charge in [-0.05, 0) is 28.8 Å². The highest BCUT2D eigenvalue weighted by molar-refractivity contribution is 7.99. The van der Waals surface area contributed by atoms with Gasteiger partial charge in [-0.25, -0.2) is 18.1 Å². The predicted octanol–water partition coefficient (Wildman–Crippen LogP) is 4.66. The van der Waals surface area contributed by atoms with Gasteiger partial charge < -0.3 is 14.6 Å². The summed E-state index contributed by atoms with van der Waals surface area (Å²) in [4.78, 5) is 8.60. The summed E-state index contributed by atoms with van der Waals surface area (Å²) in [6.45, 7) is 0.101. The van der Waals surface area contributed by atoms with Crippen molar-refractivity contribution in [2.45, 2.75) is 48.1 Å². The molecule has 1 saturated heterocycles. The van der Waals surface area contributed by atoms with Gasteiger partial charge in [0.05, 0.1) is 24.3 Å². The second kappa shape index (κ2) is 12.7. The van der Waals surface area contributed by atoms with Crippen molar-refractivity contribution >= 4 is 32.7 Å². The molecule has 1 aliphatic rings. The molecule has 3 unspecified atom stereocenters. The van der Waals surface area contributed by atoms with Gasteiger partial charge in [-0.3, -0.25) is 10.1 Å². The highest BCUT2D eigenvalue weighted by Gasteiger charge is 2.32. The lowest BCUT2D eigenvalue weighted by Crippen LogP contribution is -2.31. The number of nitrogens with zero attached hydrogens (tertiary/aromatic N) is 3. The number of hydrogen-bond acceptors (Lipinski definition) is 9. The maximum Gasteiger partial charge on any atom is 0.243 e. The molecular formula is C30H29N5O5S2. The number of aromatic amines is 1. The third-order valence-corrected chi connectivity index (χ3v) is 9.46. The molecule has 0 aliphatic carbocycles. The number of sulfonamides is 1. The average Bonchev–Trinajstić information content (AvgIpc) is 3.57. The lowest BCUT2D eigenvalue weighted by Gasteiger charge is -2.36. The molecule has 0 spiro atoms. The molecule has 3 atom stereocenters.